The van der Waals surface area contributed by atoms with Crippen molar-refractivity contribution in [3.63, 3.8) is 0 Å². The Morgan fingerprint density at radius 3 is 2.42 bits per heavy atom. The van der Waals surface area contributed by atoms with Crippen molar-refractivity contribution in [2.24, 2.45) is 0 Å². The molecule has 1 aromatic heterocycles. The maximum atomic E-state index is 13.1. The van der Waals surface area contributed by atoms with E-state index in [1.54, 1.807) is 30.3 Å². The Bertz CT molecular complexity index is 964. The SMILES string of the molecule is Cc1cc(NC(=O)c2ccc(C(=O)Cc3ccc(F)cc3N)cc2)n[nH]1. The fraction of sp³-hybridized carbons (Fsp3) is 0.105. The van der Waals surface area contributed by atoms with Gasteiger partial charge in [-0.1, -0.05) is 18.2 Å². The molecule has 0 aliphatic heterocycles. The molecular formula is C19H17FN4O2. The lowest BCUT2D eigenvalue weighted by Crippen LogP contribution is -2.13. The van der Waals surface area contributed by atoms with Gasteiger partial charge in [-0.15, -0.1) is 0 Å². The maximum absolute atomic E-state index is 13.1. The van der Waals surface area contributed by atoms with Crippen LogP contribution >= 0.6 is 0 Å². The van der Waals surface area contributed by atoms with Gasteiger partial charge < -0.3 is 11.1 Å². The molecule has 0 aliphatic carbocycles. The second-order valence-electron chi connectivity index (χ2n) is 5.91. The van der Waals surface area contributed by atoms with Gasteiger partial charge in [0.15, 0.2) is 11.6 Å². The average molecular weight is 352 g/mol. The minimum absolute atomic E-state index is 0.0597. The maximum Gasteiger partial charge on any atom is 0.256 e. The molecule has 0 spiro atoms. The van der Waals surface area contributed by atoms with Crippen molar-refractivity contribution in [3.05, 3.63) is 76.7 Å². The number of nitrogen functional groups attached to an aromatic ring is 1. The van der Waals surface area contributed by atoms with Crippen molar-refractivity contribution in [2.45, 2.75) is 13.3 Å². The number of rotatable bonds is 5. The summed E-state index contributed by atoms with van der Waals surface area (Å²) in [5.74, 6) is -0.503. The summed E-state index contributed by atoms with van der Waals surface area (Å²) in [4.78, 5) is 24.5. The van der Waals surface area contributed by atoms with E-state index in [-0.39, 0.29) is 23.8 Å². The lowest BCUT2D eigenvalue weighted by molar-refractivity contribution is 0.0989. The summed E-state index contributed by atoms with van der Waals surface area (Å²) >= 11 is 0. The van der Waals surface area contributed by atoms with Crippen LogP contribution in [-0.4, -0.2) is 21.9 Å². The summed E-state index contributed by atoms with van der Waals surface area (Å²) < 4.78 is 13.1. The minimum Gasteiger partial charge on any atom is -0.398 e. The number of H-pyrrole nitrogens is 1. The number of Topliss-reactive ketones (excluding diaryl/α,β-unsaturated/α-hetero) is 1. The Morgan fingerprint density at radius 2 is 1.81 bits per heavy atom. The largest absolute Gasteiger partial charge is 0.398 e. The number of carbonyl (C=O) groups excluding carboxylic acids is 2. The molecule has 0 unspecified atom stereocenters. The van der Waals surface area contributed by atoms with Crippen molar-refractivity contribution in [3.8, 4) is 0 Å². The number of hydrogen-bond acceptors (Lipinski definition) is 4. The molecule has 0 saturated carbocycles. The third-order valence-corrected chi connectivity index (χ3v) is 3.88. The molecule has 0 aliphatic rings. The Morgan fingerprint density at radius 1 is 1.12 bits per heavy atom. The van der Waals surface area contributed by atoms with E-state index in [1.807, 2.05) is 6.92 Å². The van der Waals surface area contributed by atoms with E-state index in [0.29, 0.717) is 22.5 Å². The summed E-state index contributed by atoms with van der Waals surface area (Å²) in [5.41, 5.74) is 8.22. The first-order valence-corrected chi connectivity index (χ1v) is 7.93. The predicted octanol–water partition coefficient (Wildman–Crippen LogP) is 3.12. The second-order valence-corrected chi connectivity index (χ2v) is 5.91. The molecule has 0 atom stereocenters. The monoisotopic (exact) mass is 352 g/mol. The first kappa shape index (κ1) is 17.3. The van der Waals surface area contributed by atoms with E-state index in [1.165, 1.54) is 18.2 Å². The third-order valence-electron chi connectivity index (χ3n) is 3.88. The fourth-order valence-corrected chi connectivity index (χ4v) is 2.48. The highest BCUT2D eigenvalue weighted by atomic mass is 19.1. The molecular weight excluding hydrogens is 335 g/mol. The zero-order valence-corrected chi connectivity index (χ0v) is 14.0. The number of aromatic nitrogens is 2. The molecule has 7 heteroatoms. The number of hydrogen-bond donors (Lipinski definition) is 3. The molecule has 26 heavy (non-hydrogen) atoms. The number of nitrogens with one attached hydrogen (secondary N) is 2. The number of aromatic amines is 1. The van der Waals surface area contributed by atoms with Gasteiger partial charge in [-0.05, 0) is 36.8 Å². The first-order chi connectivity index (χ1) is 12.4. The van der Waals surface area contributed by atoms with Gasteiger partial charge in [-0.3, -0.25) is 14.7 Å². The van der Waals surface area contributed by atoms with Crippen molar-refractivity contribution in [1.82, 2.24) is 10.2 Å². The number of halogens is 1. The van der Waals surface area contributed by atoms with Gasteiger partial charge in [-0.25, -0.2) is 4.39 Å². The summed E-state index contributed by atoms with van der Waals surface area (Å²) in [7, 11) is 0. The van der Waals surface area contributed by atoms with E-state index in [4.69, 9.17) is 5.73 Å². The first-order valence-electron chi connectivity index (χ1n) is 7.93. The number of nitrogens with two attached hydrogens (primary N) is 1. The van der Waals surface area contributed by atoms with Crippen LogP contribution in [0.3, 0.4) is 0 Å². The molecule has 3 aromatic rings. The summed E-state index contributed by atoms with van der Waals surface area (Å²) in [6.45, 7) is 1.83. The molecule has 0 bridgehead atoms. The Labute approximate surface area is 149 Å². The third kappa shape index (κ3) is 3.94. The molecule has 6 nitrogen and oxygen atoms in total. The lowest BCUT2D eigenvalue weighted by Gasteiger charge is -2.06. The van der Waals surface area contributed by atoms with Crippen molar-refractivity contribution >= 4 is 23.2 Å². The van der Waals surface area contributed by atoms with Crippen LogP contribution < -0.4 is 11.1 Å². The van der Waals surface area contributed by atoms with Gasteiger partial charge in [-0.2, -0.15) is 5.10 Å². The minimum atomic E-state index is -0.443. The second kappa shape index (κ2) is 7.18. The number of ketones is 1. The molecule has 3 rings (SSSR count). The predicted molar refractivity (Wildman–Crippen MR) is 96.6 cm³/mol. The summed E-state index contributed by atoms with van der Waals surface area (Å²) in [5, 5.41) is 9.34. The van der Waals surface area contributed by atoms with E-state index in [9.17, 15) is 14.0 Å². The van der Waals surface area contributed by atoms with Crippen LogP contribution in [0.2, 0.25) is 0 Å². The fourth-order valence-electron chi connectivity index (χ4n) is 2.48. The van der Waals surface area contributed by atoms with Crippen LogP contribution in [0.15, 0.2) is 48.5 Å². The standard InChI is InChI=1S/C19H17FN4O2/c1-11-8-18(24-23-11)22-19(26)13-4-2-12(3-5-13)17(25)9-14-6-7-15(20)10-16(14)21/h2-8,10H,9,21H2,1H3,(H2,22,23,24,26). The highest BCUT2D eigenvalue weighted by Gasteiger charge is 2.12. The van der Waals surface area contributed by atoms with Crippen LogP contribution in [0.4, 0.5) is 15.9 Å². The molecule has 1 heterocycles. The van der Waals surface area contributed by atoms with Gasteiger partial charge in [0, 0.05) is 35.0 Å². The normalized spacial score (nSPS) is 10.5. The van der Waals surface area contributed by atoms with Crippen LogP contribution in [0.1, 0.15) is 32.0 Å². The van der Waals surface area contributed by atoms with Gasteiger partial charge in [0.25, 0.3) is 5.91 Å². The Kier molecular flexibility index (Phi) is 4.79. The highest BCUT2D eigenvalue weighted by molar-refractivity contribution is 6.05. The number of aryl methyl sites for hydroxylation is 1. The van der Waals surface area contributed by atoms with Crippen LogP contribution in [0.25, 0.3) is 0 Å². The molecule has 1 amide bonds. The van der Waals surface area contributed by atoms with E-state index >= 15 is 0 Å². The van der Waals surface area contributed by atoms with E-state index in [0.717, 1.165) is 5.69 Å². The van der Waals surface area contributed by atoms with Crippen molar-refractivity contribution in [1.29, 1.82) is 0 Å². The summed E-state index contributed by atoms with van der Waals surface area (Å²) in [6, 6.07) is 11.9. The molecule has 132 valence electrons. The molecule has 0 fully saturated rings. The lowest BCUT2D eigenvalue weighted by atomic mass is 10.0. The molecule has 4 N–H and O–H groups in total. The van der Waals surface area contributed by atoms with Gasteiger partial charge in [0.2, 0.25) is 0 Å². The van der Waals surface area contributed by atoms with Crippen LogP contribution in [0.5, 0.6) is 0 Å². The van der Waals surface area contributed by atoms with Gasteiger partial charge in [0.05, 0.1) is 0 Å². The van der Waals surface area contributed by atoms with Gasteiger partial charge in [0.1, 0.15) is 5.82 Å². The molecule has 0 saturated heterocycles. The van der Waals surface area contributed by atoms with Crippen molar-refractivity contribution < 1.29 is 14.0 Å². The topological polar surface area (TPSA) is 101 Å². The van der Waals surface area contributed by atoms with E-state index < -0.39 is 5.82 Å². The van der Waals surface area contributed by atoms with Gasteiger partial charge >= 0.3 is 0 Å². The van der Waals surface area contributed by atoms with E-state index in [2.05, 4.69) is 15.5 Å². The average Bonchev–Trinajstić information content (AvgIpc) is 3.02. The number of benzene rings is 2. The number of anilines is 2. The molecule has 0 radical (unpaired) electrons. The highest BCUT2D eigenvalue weighted by Crippen LogP contribution is 2.17. The Balaban J connectivity index is 1.68. The molecule has 2 aromatic carbocycles. The van der Waals surface area contributed by atoms with Crippen LogP contribution in [-0.2, 0) is 6.42 Å². The smallest absolute Gasteiger partial charge is 0.256 e. The number of carbonyl (C=O) groups is 2. The zero-order valence-electron chi connectivity index (χ0n) is 14.0. The number of amides is 1. The van der Waals surface area contributed by atoms with Crippen LogP contribution in [0, 0.1) is 12.7 Å². The zero-order chi connectivity index (χ0) is 18.7. The number of nitrogens with zero attached hydrogens (tertiary/aromatic N) is 1. The Hall–Kier alpha value is -3.48. The quantitative estimate of drug-likeness (QED) is 0.485. The summed E-state index contributed by atoms with van der Waals surface area (Å²) in [6.07, 6.45) is 0.0597. The van der Waals surface area contributed by atoms with Crippen molar-refractivity contribution in [2.75, 3.05) is 11.1 Å².